The lowest BCUT2D eigenvalue weighted by Gasteiger charge is -2.18. The molecule has 5 nitrogen and oxygen atoms in total. The number of hydrogen-bond donors (Lipinski definition) is 1. The van der Waals surface area contributed by atoms with Crippen LogP contribution in [0.2, 0.25) is 10.0 Å². The average molecular weight is 380 g/mol. The lowest BCUT2D eigenvalue weighted by atomic mass is 10.1. The van der Waals surface area contributed by atoms with Gasteiger partial charge in [0.15, 0.2) is 11.5 Å². The minimum absolute atomic E-state index is 0.158. The van der Waals surface area contributed by atoms with Crippen molar-refractivity contribution in [3.63, 3.8) is 0 Å². The van der Waals surface area contributed by atoms with E-state index in [1.807, 2.05) is 0 Å². The van der Waals surface area contributed by atoms with Crippen LogP contribution in [0, 0.1) is 0 Å². The molecule has 25 heavy (non-hydrogen) atoms. The summed E-state index contributed by atoms with van der Waals surface area (Å²) < 4.78 is 16.0. The van der Waals surface area contributed by atoms with Crippen LogP contribution in [0.3, 0.4) is 0 Å². The number of amides is 1. The summed E-state index contributed by atoms with van der Waals surface area (Å²) in [6, 6.07) is 8.44. The number of halogens is 2. The third-order valence-corrected chi connectivity index (χ3v) is 4.25. The highest BCUT2D eigenvalue weighted by molar-refractivity contribution is 6.34. The summed E-state index contributed by atoms with van der Waals surface area (Å²) in [5.74, 6) is 1.31. The van der Waals surface area contributed by atoms with Crippen molar-refractivity contribution >= 4 is 40.9 Å². The van der Waals surface area contributed by atoms with Crippen LogP contribution in [0.4, 0.5) is 5.69 Å². The molecule has 1 heterocycles. The highest BCUT2D eigenvalue weighted by Crippen LogP contribution is 2.36. The minimum atomic E-state index is -0.320. The number of nitrogens with one attached hydrogen (secondary N) is 1. The first-order valence-corrected chi connectivity index (χ1v) is 8.13. The molecule has 0 saturated heterocycles. The van der Waals surface area contributed by atoms with Gasteiger partial charge in [-0.25, -0.2) is 0 Å². The molecule has 7 heteroatoms. The minimum Gasteiger partial charge on any atom is -0.493 e. The molecule has 2 aromatic carbocycles. The zero-order chi connectivity index (χ0) is 18.0. The summed E-state index contributed by atoms with van der Waals surface area (Å²) in [4.78, 5) is 12.5. The smallest absolute Gasteiger partial charge is 0.255 e. The molecule has 130 valence electrons. The van der Waals surface area contributed by atoms with E-state index in [4.69, 9.17) is 37.4 Å². The molecule has 1 aliphatic heterocycles. The summed E-state index contributed by atoms with van der Waals surface area (Å²) >= 11 is 12.2. The summed E-state index contributed by atoms with van der Waals surface area (Å²) in [6.07, 6.45) is 1.74. The first-order chi connectivity index (χ1) is 12.0. The van der Waals surface area contributed by atoms with E-state index < -0.39 is 0 Å². The molecule has 0 aromatic heterocycles. The van der Waals surface area contributed by atoms with E-state index in [2.05, 4.69) is 5.32 Å². The molecular formula is C18H15Cl2NO4. The maximum absolute atomic E-state index is 12.5. The van der Waals surface area contributed by atoms with Gasteiger partial charge in [-0.15, -0.1) is 0 Å². The molecule has 0 radical (unpaired) electrons. The van der Waals surface area contributed by atoms with Crippen LogP contribution in [-0.2, 0) is 4.79 Å². The number of benzene rings is 2. The molecule has 0 bridgehead atoms. The van der Waals surface area contributed by atoms with E-state index in [-0.39, 0.29) is 12.5 Å². The summed E-state index contributed by atoms with van der Waals surface area (Å²) in [7, 11) is 3.02. The topological polar surface area (TPSA) is 56.8 Å². The van der Waals surface area contributed by atoms with Crippen LogP contribution >= 0.6 is 23.2 Å². The predicted octanol–water partition coefficient (Wildman–Crippen LogP) is 4.43. The second-order valence-electron chi connectivity index (χ2n) is 5.28. The Hall–Kier alpha value is -2.37. The Morgan fingerprint density at radius 2 is 1.84 bits per heavy atom. The summed E-state index contributed by atoms with van der Waals surface area (Å²) in [6.45, 7) is 0.158. The standard InChI is InChI=1S/C18H15Cl2NO4/c1-23-16-7-13(20)14(8-17(16)24-2)21-18(22)11-5-10-6-12(19)3-4-15(10)25-9-11/h3-8H,9H2,1-2H3,(H,21,22). The van der Waals surface area contributed by atoms with Crippen molar-refractivity contribution in [2.24, 2.45) is 0 Å². The van der Waals surface area contributed by atoms with Crippen molar-refractivity contribution in [2.45, 2.75) is 0 Å². The van der Waals surface area contributed by atoms with Gasteiger partial charge in [0.25, 0.3) is 5.91 Å². The third-order valence-electron chi connectivity index (χ3n) is 3.70. The molecule has 0 aliphatic carbocycles. The zero-order valence-electron chi connectivity index (χ0n) is 13.6. The van der Waals surface area contributed by atoms with Crippen molar-refractivity contribution in [3.8, 4) is 17.2 Å². The van der Waals surface area contributed by atoms with Gasteiger partial charge in [0, 0.05) is 22.7 Å². The monoisotopic (exact) mass is 379 g/mol. The average Bonchev–Trinajstić information content (AvgIpc) is 2.62. The lowest BCUT2D eigenvalue weighted by molar-refractivity contribution is -0.113. The van der Waals surface area contributed by atoms with Crippen molar-refractivity contribution in [2.75, 3.05) is 26.1 Å². The largest absolute Gasteiger partial charge is 0.493 e. The van der Waals surface area contributed by atoms with Gasteiger partial charge in [-0.05, 0) is 24.3 Å². The van der Waals surface area contributed by atoms with Gasteiger partial charge in [0.1, 0.15) is 12.4 Å². The molecule has 1 aliphatic rings. The fourth-order valence-corrected chi connectivity index (χ4v) is 2.81. The second kappa shape index (κ2) is 7.25. The number of anilines is 1. The van der Waals surface area contributed by atoms with E-state index in [0.717, 1.165) is 5.56 Å². The van der Waals surface area contributed by atoms with Crippen LogP contribution in [0.1, 0.15) is 5.56 Å². The Balaban J connectivity index is 1.86. The molecule has 2 aromatic rings. The van der Waals surface area contributed by atoms with E-state index in [1.165, 1.54) is 14.2 Å². The van der Waals surface area contributed by atoms with E-state index in [0.29, 0.717) is 38.6 Å². The maximum atomic E-state index is 12.5. The molecule has 0 spiro atoms. The number of carbonyl (C=O) groups excluding carboxylic acids is 1. The molecule has 3 rings (SSSR count). The van der Waals surface area contributed by atoms with Gasteiger partial charge in [-0.2, -0.15) is 0 Å². The Labute approximate surface area is 155 Å². The third kappa shape index (κ3) is 3.67. The number of ether oxygens (including phenoxy) is 3. The Morgan fingerprint density at radius 1 is 1.12 bits per heavy atom. The molecule has 0 unspecified atom stereocenters. The SMILES string of the molecule is COc1cc(Cl)c(NC(=O)C2=Cc3cc(Cl)ccc3OC2)cc1OC. The molecule has 1 N–H and O–H groups in total. The van der Waals surface area contributed by atoms with Crippen LogP contribution < -0.4 is 19.5 Å². The predicted molar refractivity (Wildman–Crippen MR) is 98.1 cm³/mol. The number of hydrogen-bond acceptors (Lipinski definition) is 4. The van der Waals surface area contributed by atoms with Gasteiger partial charge < -0.3 is 19.5 Å². The highest BCUT2D eigenvalue weighted by Gasteiger charge is 2.19. The maximum Gasteiger partial charge on any atom is 0.255 e. The fourth-order valence-electron chi connectivity index (χ4n) is 2.43. The lowest BCUT2D eigenvalue weighted by Crippen LogP contribution is -2.21. The number of carbonyl (C=O) groups is 1. The van der Waals surface area contributed by atoms with E-state index >= 15 is 0 Å². The highest BCUT2D eigenvalue weighted by atomic mass is 35.5. The molecule has 0 saturated carbocycles. The molecule has 0 fully saturated rings. The first-order valence-electron chi connectivity index (χ1n) is 7.37. The first kappa shape index (κ1) is 17.5. The van der Waals surface area contributed by atoms with Gasteiger partial charge >= 0.3 is 0 Å². The summed E-state index contributed by atoms with van der Waals surface area (Å²) in [5, 5.41) is 3.68. The normalized spacial score (nSPS) is 12.6. The number of rotatable bonds is 4. The molecule has 0 atom stereocenters. The van der Waals surface area contributed by atoms with Crippen molar-refractivity contribution in [3.05, 3.63) is 51.5 Å². The molecular weight excluding hydrogens is 365 g/mol. The van der Waals surface area contributed by atoms with Crippen molar-refractivity contribution in [1.82, 2.24) is 0 Å². The van der Waals surface area contributed by atoms with Crippen LogP contribution in [0.25, 0.3) is 6.08 Å². The number of fused-ring (bicyclic) bond motifs is 1. The fraction of sp³-hybridized carbons (Fsp3) is 0.167. The Bertz CT molecular complexity index is 864. The van der Waals surface area contributed by atoms with Crippen molar-refractivity contribution in [1.29, 1.82) is 0 Å². The van der Waals surface area contributed by atoms with Gasteiger partial charge in [0.2, 0.25) is 0 Å². The Morgan fingerprint density at radius 3 is 2.56 bits per heavy atom. The van der Waals surface area contributed by atoms with Gasteiger partial charge in [0.05, 0.1) is 30.5 Å². The Kier molecular flexibility index (Phi) is 5.06. The number of methoxy groups -OCH3 is 2. The van der Waals surface area contributed by atoms with E-state index in [9.17, 15) is 4.79 Å². The molecule has 1 amide bonds. The summed E-state index contributed by atoms with van der Waals surface area (Å²) in [5.41, 5.74) is 1.63. The van der Waals surface area contributed by atoms with Gasteiger partial charge in [-0.3, -0.25) is 4.79 Å². The van der Waals surface area contributed by atoms with Crippen molar-refractivity contribution < 1.29 is 19.0 Å². The van der Waals surface area contributed by atoms with Crippen LogP contribution in [0.5, 0.6) is 17.2 Å². The zero-order valence-corrected chi connectivity index (χ0v) is 15.1. The quantitative estimate of drug-likeness (QED) is 0.853. The van der Waals surface area contributed by atoms with Crippen LogP contribution in [0.15, 0.2) is 35.9 Å². The van der Waals surface area contributed by atoms with E-state index in [1.54, 1.807) is 36.4 Å². The van der Waals surface area contributed by atoms with Crippen LogP contribution in [-0.4, -0.2) is 26.7 Å². The van der Waals surface area contributed by atoms with Gasteiger partial charge in [-0.1, -0.05) is 23.2 Å². The second-order valence-corrected chi connectivity index (χ2v) is 6.13.